The lowest BCUT2D eigenvalue weighted by molar-refractivity contribution is 0.204. The highest BCUT2D eigenvalue weighted by molar-refractivity contribution is 7.91. The quantitative estimate of drug-likeness (QED) is 0.787. The third kappa shape index (κ3) is 1.96. The summed E-state index contributed by atoms with van der Waals surface area (Å²) in [6.45, 7) is 0.462. The molecule has 2 amide bonds. The lowest BCUT2D eigenvalue weighted by Gasteiger charge is -2.21. The number of nitrogens with one attached hydrogen (secondary N) is 1. The Morgan fingerprint density at radius 1 is 1.22 bits per heavy atom. The van der Waals surface area contributed by atoms with Crippen molar-refractivity contribution in [1.82, 2.24) is 10.2 Å². The number of hydrogen-bond acceptors (Lipinski definition) is 3. The fraction of sp³-hybridized carbons (Fsp3) is 0.417. The summed E-state index contributed by atoms with van der Waals surface area (Å²) in [6.07, 6.45) is 0. The van der Waals surface area contributed by atoms with E-state index < -0.39 is 9.84 Å². The Balaban J connectivity index is 1.82. The van der Waals surface area contributed by atoms with Gasteiger partial charge < -0.3 is 10.2 Å². The monoisotopic (exact) mass is 266 g/mol. The Morgan fingerprint density at radius 2 is 1.94 bits per heavy atom. The van der Waals surface area contributed by atoms with Crippen LogP contribution in [0, 0.1) is 0 Å². The van der Waals surface area contributed by atoms with Crippen LogP contribution in [0.2, 0.25) is 0 Å². The largest absolute Gasteiger partial charge is 0.332 e. The summed E-state index contributed by atoms with van der Waals surface area (Å²) in [5.74, 6) is 0.137. The average molecular weight is 266 g/mol. The molecular formula is C12H14N2O3S. The van der Waals surface area contributed by atoms with Gasteiger partial charge in [-0.1, -0.05) is 30.3 Å². The number of rotatable bonds is 2. The summed E-state index contributed by atoms with van der Waals surface area (Å²) in [5.41, 5.74) is 1.01. The van der Waals surface area contributed by atoms with Crippen molar-refractivity contribution in [1.29, 1.82) is 0 Å². The smallest absolute Gasteiger partial charge is 0.318 e. The molecule has 2 atom stereocenters. The summed E-state index contributed by atoms with van der Waals surface area (Å²) >= 11 is 0. The van der Waals surface area contributed by atoms with Gasteiger partial charge in [-0.05, 0) is 5.56 Å². The Morgan fingerprint density at radius 3 is 2.67 bits per heavy atom. The van der Waals surface area contributed by atoms with Crippen molar-refractivity contribution in [3.63, 3.8) is 0 Å². The van der Waals surface area contributed by atoms with Gasteiger partial charge in [-0.3, -0.25) is 0 Å². The first kappa shape index (κ1) is 11.5. The second-order valence-electron chi connectivity index (χ2n) is 4.81. The van der Waals surface area contributed by atoms with E-state index in [1.165, 1.54) is 0 Å². The standard InChI is InChI=1S/C12H14N2O3S/c15-12-13-10-7-18(16,17)8-11(10)14(12)6-9-4-2-1-3-5-9/h1-5,10-11H,6-8H2,(H,13,15)/t10-,11-/m1/s1. The number of nitrogens with zero attached hydrogens (tertiary/aromatic N) is 1. The maximum atomic E-state index is 11.8. The zero-order valence-corrected chi connectivity index (χ0v) is 10.6. The van der Waals surface area contributed by atoms with Crippen molar-refractivity contribution in [2.75, 3.05) is 11.5 Å². The Labute approximate surface area is 106 Å². The normalized spacial score (nSPS) is 29.1. The molecule has 1 aromatic rings. The number of amides is 2. The van der Waals surface area contributed by atoms with Gasteiger partial charge >= 0.3 is 6.03 Å². The van der Waals surface area contributed by atoms with Crippen molar-refractivity contribution in [2.45, 2.75) is 18.6 Å². The molecule has 1 aromatic carbocycles. The number of hydrogen-bond donors (Lipinski definition) is 1. The molecule has 0 saturated carbocycles. The maximum absolute atomic E-state index is 11.8. The van der Waals surface area contributed by atoms with Crippen molar-refractivity contribution < 1.29 is 13.2 Å². The van der Waals surface area contributed by atoms with E-state index in [1.807, 2.05) is 30.3 Å². The Bertz CT molecular complexity index is 570. The topological polar surface area (TPSA) is 66.5 Å². The lowest BCUT2D eigenvalue weighted by atomic mass is 10.1. The predicted octanol–water partition coefficient (Wildman–Crippen LogP) is 0.377. The van der Waals surface area contributed by atoms with E-state index in [9.17, 15) is 13.2 Å². The fourth-order valence-electron chi connectivity index (χ4n) is 2.64. The maximum Gasteiger partial charge on any atom is 0.318 e. The minimum Gasteiger partial charge on any atom is -0.332 e. The van der Waals surface area contributed by atoms with Crippen LogP contribution < -0.4 is 5.32 Å². The van der Waals surface area contributed by atoms with Gasteiger partial charge in [-0.25, -0.2) is 13.2 Å². The van der Waals surface area contributed by atoms with Crippen molar-refractivity contribution in [3.8, 4) is 0 Å². The molecule has 2 fully saturated rings. The number of fused-ring (bicyclic) bond motifs is 1. The first-order valence-electron chi connectivity index (χ1n) is 5.87. The summed E-state index contributed by atoms with van der Waals surface area (Å²) in [6, 6.07) is 8.97. The first-order valence-corrected chi connectivity index (χ1v) is 7.69. The van der Waals surface area contributed by atoms with E-state index in [4.69, 9.17) is 0 Å². The summed E-state index contributed by atoms with van der Waals surface area (Å²) < 4.78 is 23.1. The molecule has 18 heavy (non-hydrogen) atoms. The average Bonchev–Trinajstić information content (AvgIpc) is 2.74. The van der Waals surface area contributed by atoms with Crippen LogP contribution in [0.15, 0.2) is 30.3 Å². The summed E-state index contributed by atoms with van der Waals surface area (Å²) in [7, 11) is -3.01. The van der Waals surface area contributed by atoms with Crippen LogP contribution in [0.3, 0.4) is 0 Å². The molecule has 2 aliphatic heterocycles. The van der Waals surface area contributed by atoms with Gasteiger partial charge in [-0.15, -0.1) is 0 Å². The van der Waals surface area contributed by atoms with Crippen LogP contribution in [0.25, 0.3) is 0 Å². The molecule has 0 aliphatic carbocycles. The zero-order valence-electron chi connectivity index (χ0n) is 9.74. The van der Waals surface area contributed by atoms with Gasteiger partial charge in [0.2, 0.25) is 0 Å². The van der Waals surface area contributed by atoms with Crippen LogP contribution in [-0.2, 0) is 16.4 Å². The molecule has 2 heterocycles. The van der Waals surface area contributed by atoms with E-state index in [2.05, 4.69) is 5.32 Å². The number of sulfone groups is 1. The van der Waals surface area contributed by atoms with Gasteiger partial charge in [0.1, 0.15) is 0 Å². The molecule has 0 bridgehead atoms. The highest BCUT2D eigenvalue weighted by atomic mass is 32.2. The molecule has 0 radical (unpaired) electrons. The van der Waals surface area contributed by atoms with Gasteiger partial charge in [0.15, 0.2) is 9.84 Å². The highest BCUT2D eigenvalue weighted by Crippen LogP contribution is 2.25. The molecule has 6 heteroatoms. The van der Waals surface area contributed by atoms with Gasteiger partial charge in [0.25, 0.3) is 0 Å². The van der Waals surface area contributed by atoms with Crippen LogP contribution in [0.1, 0.15) is 5.56 Å². The van der Waals surface area contributed by atoms with Crippen LogP contribution in [-0.4, -0.2) is 42.9 Å². The predicted molar refractivity (Wildman–Crippen MR) is 66.7 cm³/mol. The van der Waals surface area contributed by atoms with Crippen molar-refractivity contribution in [3.05, 3.63) is 35.9 Å². The fourth-order valence-corrected chi connectivity index (χ4v) is 4.56. The first-order chi connectivity index (χ1) is 8.55. The van der Waals surface area contributed by atoms with Crippen LogP contribution >= 0.6 is 0 Å². The van der Waals surface area contributed by atoms with Crippen molar-refractivity contribution >= 4 is 15.9 Å². The third-order valence-electron chi connectivity index (χ3n) is 3.49. The highest BCUT2D eigenvalue weighted by Gasteiger charge is 2.48. The molecule has 2 saturated heterocycles. The SMILES string of the molecule is O=C1N[C@@H]2CS(=O)(=O)C[C@H]2N1Cc1ccccc1. The number of urea groups is 1. The third-order valence-corrected chi connectivity index (χ3v) is 5.20. The van der Waals surface area contributed by atoms with E-state index in [1.54, 1.807) is 4.90 Å². The number of benzene rings is 1. The molecular weight excluding hydrogens is 252 g/mol. The van der Waals surface area contributed by atoms with Crippen LogP contribution in [0.4, 0.5) is 4.79 Å². The number of carbonyl (C=O) groups excluding carboxylic acids is 1. The van der Waals surface area contributed by atoms with E-state index in [0.717, 1.165) is 5.56 Å². The van der Waals surface area contributed by atoms with Gasteiger partial charge in [-0.2, -0.15) is 0 Å². The summed E-state index contributed by atoms with van der Waals surface area (Å²) in [5, 5.41) is 2.75. The molecule has 2 aliphatic rings. The summed E-state index contributed by atoms with van der Waals surface area (Å²) in [4.78, 5) is 13.5. The van der Waals surface area contributed by atoms with Crippen LogP contribution in [0.5, 0.6) is 0 Å². The molecule has 0 aromatic heterocycles. The minimum absolute atomic E-state index is 0.0642. The van der Waals surface area contributed by atoms with E-state index in [0.29, 0.717) is 6.54 Å². The second-order valence-corrected chi connectivity index (χ2v) is 6.97. The minimum atomic E-state index is -3.01. The van der Waals surface area contributed by atoms with Gasteiger partial charge in [0, 0.05) is 6.54 Å². The molecule has 0 unspecified atom stereocenters. The zero-order chi connectivity index (χ0) is 12.8. The molecule has 1 N–H and O–H groups in total. The molecule has 3 rings (SSSR count). The van der Waals surface area contributed by atoms with E-state index in [-0.39, 0.29) is 29.6 Å². The number of carbonyl (C=O) groups is 1. The second kappa shape index (κ2) is 3.98. The Hall–Kier alpha value is -1.56. The molecule has 5 nitrogen and oxygen atoms in total. The molecule has 0 spiro atoms. The Kier molecular flexibility index (Phi) is 2.55. The van der Waals surface area contributed by atoms with E-state index >= 15 is 0 Å². The lowest BCUT2D eigenvalue weighted by Crippen LogP contribution is -2.36. The van der Waals surface area contributed by atoms with Crippen molar-refractivity contribution in [2.24, 2.45) is 0 Å². The van der Waals surface area contributed by atoms with Gasteiger partial charge in [0.05, 0.1) is 23.6 Å². The molecule has 96 valence electrons.